The van der Waals surface area contributed by atoms with Crippen LogP contribution in [-0.4, -0.2) is 21.0 Å². The first kappa shape index (κ1) is 16.6. The molecule has 0 bridgehead atoms. The fourth-order valence-electron chi connectivity index (χ4n) is 1.74. The average molecular weight is 345 g/mol. The van der Waals surface area contributed by atoms with E-state index >= 15 is 0 Å². The van der Waals surface area contributed by atoms with Crippen LogP contribution in [0.1, 0.15) is 23.6 Å². The van der Waals surface area contributed by atoms with Gasteiger partial charge in [-0.05, 0) is 30.0 Å². The summed E-state index contributed by atoms with van der Waals surface area (Å²) in [5.41, 5.74) is 0. The van der Waals surface area contributed by atoms with E-state index in [1.807, 2.05) is 23.6 Å². The second-order valence-electron chi connectivity index (χ2n) is 4.98. The molecule has 0 radical (unpaired) electrons. The Morgan fingerprint density at radius 1 is 1.19 bits per heavy atom. The Labute approximate surface area is 134 Å². The van der Waals surface area contributed by atoms with Crippen LogP contribution in [-0.2, 0) is 23.0 Å². The first-order chi connectivity index (χ1) is 9.97. The Morgan fingerprint density at radius 2 is 2.00 bits per heavy atom. The summed E-state index contributed by atoms with van der Waals surface area (Å²) in [6, 6.07) is 7.92. The highest BCUT2D eigenvalue weighted by Gasteiger charge is 2.16. The highest BCUT2D eigenvalue weighted by molar-refractivity contribution is 7.91. The van der Waals surface area contributed by atoms with E-state index in [4.69, 9.17) is 0 Å². The summed E-state index contributed by atoms with van der Waals surface area (Å²) in [7, 11) is -3.39. The fourth-order valence-corrected chi connectivity index (χ4v) is 4.83. The monoisotopic (exact) mass is 344 g/mol. The number of hydrogen-bond acceptors (Lipinski definition) is 5. The minimum Gasteiger partial charge on any atom is -0.310 e. The number of rotatable bonds is 8. The number of hydrogen-bond donors (Lipinski definition) is 2. The number of sulfonamides is 1. The number of thiophene rings is 2. The molecular weight excluding hydrogens is 324 g/mol. The molecule has 2 aromatic rings. The molecule has 116 valence electrons. The zero-order valence-electron chi connectivity index (χ0n) is 12.1. The first-order valence-corrected chi connectivity index (χ1v) is 9.99. The van der Waals surface area contributed by atoms with Gasteiger partial charge in [-0.25, -0.2) is 13.1 Å². The van der Waals surface area contributed by atoms with Crippen molar-refractivity contribution >= 4 is 32.7 Å². The fraction of sp³-hybridized carbons (Fsp3) is 0.429. The summed E-state index contributed by atoms with van der Waals surface area (Å²) >= 11 is 2.96. The molecule has 0 saturated carbocycles. The summed E-state index contributed by atoms with van der Waals surface area (Å²) in [6.45, 7) is 5.27. The molecule has 0 amide bonds. The maximum Gasteiger partial charge on any atom is 0.250 e. The average Bonchev–Trinajstić information content (AvgIpc) is 3.07. The van der Waals surface area contributed by atoms with Gasteiger partial charge in [0.25, 0.3) is 0 Å². The largest absolute Gasteiger partial charge is 0.310 e. The van der Waals surface area contributed by atoms with Gasteiger partial charge >= 0.3 is 0 Å². The van der Waals surface area contributed by atoms with Crippen LogP contribution in [0.3, 0.4) is 0 Å². The minimum atomic E-state index is -3.39. The van der Waals surface area contributed by atoms with E-state index in [1.54, 1.807) is 17.4 Å². The lowest BCUT2D eigenvalue weighted by atomic mass is 10.3. The summed E-state index contributed by atoms with van der Waals surface area (Å²) in [4.78, 5) is 2.22. The van der Waals surface area contributed by atoms with Crippen molar-refractivity contribution in [3.05, 3.63) is 39.4 Å². The van der Waals surface area contributed by atoms with Crippen molar-refractivity contribution in [1.82, 2.24) is 10.0 Å². The zero-order valence-corrected chi connectivity index (χ0v) is 14.6. The molecule has 7 heteroatoms. The van der Waals surface area contributed by atoms with Crippen LogP contribution in [0.5, 0.6) is 0 Å². The van der Waals surface area contributed by atoms with E-state index in [-0.39, 0.29) is 0 Å². The van der Waals surface area contributed by atoms with Crippen molar-refractivity contribution in [1.29, 1.82) is 0 Å². The quantitative estimate of drug-likeness (QED) is 0.774. The molecule has 0 aliphatic carbocycles. The van der Waals surface area contributed by atoms with Crippen LogP contribution in [0.4, 0.5) is 0 Å². The van der Waals surface area contributed by atoms with E-state index in [0.29, 0.717) is 23.3 Å². The molecule has 2 N–H and O–H groups in total. The van der Waals surface area contributed by atoms with Crippen molar-refractivity contribution in [3.8, 4) is 0 Å². The van der Waals surface area contributed by atoms with E-state index < -0.39 is 10.0 Å². The van der Waals surface area contributed by atoms with Gasteiger partial charge in [0.1, 0.15) is 4.21 Å². The molecule has 21 heavy (non-hydrogen) atoms. The van der Waals surface area contributed by atoms with Crippen LogP contribution in [0.25, 0.3) is 0 Å². The van der Waals surface area contributed by atoms with Crippen LogP contribution in [0.15, 0.2) is 33.9 Å². The van der Waals surface area contributed by atoms with Crippen molar-refractivity contribution in [2.45, 2.75) is 37.1 Å². The van der Waals surface area contributed by atoms with Gasteiger partial charge in [0, 0.05) is 28.9 Å². The molecule has 0 aliphatic heterocycles. The highest BCUT2D eigenvalue weighted by atomic mass is 32.2. The van der Waals surface area contributed by atoms with E-state index in [2.05, 4.69) is 23.9 Å². The maximum atomic E-state index is 12.2. The normalized spacial score (nSPS) is 12.1. The molecule has 0 unspecified atom stereocenters. The summed E-state index contributed by atoms with van der Waals surface area (Å²) in [5.74, 6) is 0. The second-order valence-corrected chi connectivity index (χ2v) is 9.18. The van der Waals surface area contributed by atoms with Gasteiger partial charge in [-0.2, -0.15) is 0 Å². The van der Waals surface area contributed by atoms with Crippen LogP contribution in [0, 0.1) is 0 Å². The summed E-state index contributed by atoms with van der Waals surface area (Å²) in [5, 5.41) is 5.28. The van der Waals surface area contributed by atoms with Crippen molar-refractivity contribution in [2.75, 3.05) is 6.54 Å². The lowest BCUT2D eigenvalue weighted by Crippen LogP contribution is -2.25. The highest BCUT2D eigenvalue weighted by Crippen LogP contribution is 2.21. The molecule has 0 saturated heterocycles. The van der Waals surface area contributed by atoms with Gasteiger partial charge < -0.3 is 5.32 Å². The van der Waals surface area contributed by atoms with Gasteiger partial charge in [-0.3, -0.25) is 0 Å². The number of nitrogens with one attached hydrogen (secondary N) is 2. The van der Waals surface area contributed by atoms with E-state index in [1.165, 1.54) is 16.2 Å². The lowest BCUT2D eigenvalue weighted by Gasteiger charge is -2.05. The third-order valence-electron chi connectivity index (χ3n) is 2.83. The zero-order chi connectivity index (χ0) is 15.3. The third kappa shape index (κ3) is 5.19. The van der Waals surface area contributed by atoms with Crippen molar-refractivity contribution < 1.29 is 8.42 Å². The van der Waals surface area contributed by atoms with E-state index in [0.717, 1.165) is 11.3 Å². The smallest absolute Gasteiger partial charge is 0.250 e. The minimum absolute atomic E-state index is 0.384. The molecule has 0 atom stereocenters. The Bertz CT molecular complexity index is 646. The van der Waals surface area contributed by atoms with E-state index in [9.17, 15) is 8.42 Å². The Kier molecular flexibility index (Phi) is 5.95. The lowest BCUT2D eigenvalue weighted by molar-refractivity contribution is 0.584. The molecule has 0 fully saturated rings. The summed E-state index contributed by atoms with van der Waals surface area (Å²) < 4.78 is 27.4. The molecule has 0 spiro atoms. The standard InChI is InChI=1S/C14H20N2O2S3/c1-11(2)15-10-13-5-6-14(20-13)21(17,18)16-8-7-12-4-3-9-19-12/h3-6,9,11,15-16H,7-8,10H2,1-2H3. The first-order valence-electron chi connectivity index (χ1n) is 6.81. The molecule has 0 aromatic carbocycles. The molecule has 2 rings (SSSR count). The van der Waals surface area contributed by atoms with Gasteiger partial charge in [-0.15, -0.1) is 22.7 Å². The topological polar surface area (TPSA) is 58.2 Å². The van der Waals surface area contributed by atoms with Crippen molar-refractivity contribution in [3.63, 3.8) is 0 Å². The second kappa shape index (κ2) is 7.51. The maximum absolute atomic E-state index is 12.2. The van der Waals surface area contributed by atoms with Gasteiger partial charge in [0.15, 0.2) is 0 Å². The van der Waals surface area contributed by atoms with Crippen LogP contribution >= 0.6 is 22.7 Å². The van der Waals surface area contributed by atoms with Gasteiger partial charge in [-0.1, -0.05) is 19.9 Å². The van der Waals surface area contributed by atoms with Crippen LogP contribution in [0.2, 0.25) is 0 Å². The summed E-state index contributed by atoms with van der Waals surface area (Å²) in [6.07, 6.45) is 0.726. The van der Waals surface area contributed by atoms with Crippen molar-refractivity contribution in [2.24, 2.45) is 0 Å². The molecule has 2 heterocycles. The third-order valence-corrected chi connectivity index (χ3v) is 6.80. The molecular formula is C14H20N2O2S3. The molecule has 4 nitrogen and oxygen atoms in total. The van der Waals surface area contributed by atoms with Crippen LogP contribution < -0.4 is 10.0 Å². The van der Waals surface area contributed by atoms with Gasteiger partial charge in [0.2, 0.25) is 10.0 Å². The molecule has 0 aliphatic rings. The van der Waals surface area contributed by atoms with Gasteiger partial charge in [0.05, 0.1) is 0 Å². The Hall–Kier alpha value is -0.730. The molecule has 2 aromatic heterocycles. The Morgan fingerprint density at radius 3 is 2.67 bits per heavy atom. The predicted molar refractivity (Wildman–Crippen MR) is 89.5 cm³/mol. The Balaban J connectivity index is 1.89. The predicted octanol–water partition coefficient (Wildman–Crippen LogP) is 2.83. The SMILES string of the molecule is CC(C)NCc1ccc(S(=O)(=O)NCCc2cccs2)s1.